The van der Waals surface area contributed by atoms with Gasteiger partial charge in [-0.15, -0.1) is 0 Å². The van der Waals surface area contributed by atoms with E-state index in [0.29, 0.717) is 17.3 Å². The van der Waals surface area contributed by atoms with Crippen molar-refractivity contribution in [1.29, 1.82) is 0 Å². The van der Waals surface area contributed by atoms with Crippen LogP contribution in [0.2, 0.25) is 0 Å². The molecule has 0 fully saturated rings. The summed E-state index contributed by atoms with van der Waals surface area (Å²) in [6, 6.07) is 10.5. The average Bonchev–Trinajstić information content (AvgIpc) is 3.22. The third-order valence-electron chi connectivity index (χ3n) is 4.21. The highest BCUT2D eigenvalue weighted by Crippen LogP contribution is 2.28. The standard InChI is InChI=1S/C19H19N3O7S/c1-27-16-6-3-13(4-7-16)19-21-14(12-29-19)9-10-20-30(25,26)18-11-15(22(23)24)5-8-17(18)28-2/h3-8,11-12,20H,9-10H2,1-2H3. The van der Waals surface area contributed by atoms with Crippen LogP contribution in [0, 0.1) is 10.1 Å². The van der Waals surface area contributed by atoms with Crippen LogP contribution in [-0.4, -0.2) is 39.1 Å². The number of non-ortho nitro benzene ring substituents is 1. The van der Waals surface area contributed by atoms with Gasteiger partial charge in [0.2, 0.25) is 15.9 Å². The zero-order valence-corrected chi connectivity index (χ0v) is 17.0. The van der Waals surface area contributed by atoms with E-state index in [1.165, 1.54) is 25.5 Å². The van der Waals surface area contributed by atoms with Crippen LogP contribution in [0.5, 0.6) is 11.5 Å². The van der Waals surface area contributed by atoms with Crippen molar-refractivity contribution in [1.82, 2.24) is 9.71 Å². The first-order chi connectivity index (χ1) is 14.3. The van der Waals surface area contributed by atoms with Crippen molar-refractivity contribution in [2.24, 2.45) is 0 Å². The van der Waals surface area contributed by atoms with Crippen molar-refractivity contribution in [3.63, 3.8) is 0 Å². The molecular weight excluding hydrogens is 414 g/mol. The van der Waals surface area contributed by atoms with Gasteiger partial charge in [-0.05, 0) is 30.3 Å². The van der Waals surface area contributed by atoms with Gasteiger partial charge in [-0.1, -0.05) is 0 Å². The van der Waals surface area contributed by atoms with Crippen LogP contribution in [0.15, 0.2) is 58.0 Å². The quantitative estimate of drug-likeness (QED) is 0.402. The number of hydrogen-bond donors (Lipinski definition) is 1. The summed E-state index contributed by atoms with van der Waals surface area (Å²) < 4.78 is 43.2. The maximum Gasteiger partial charge on any atom is 0.271 e. The summed E-state index contributed by atoms with van der Waals surface area (Å²) >= 11 is 0. The number of nitro benzene ring substituents is 1. The molecule has 11 heteroatoms. The van der Waals surface area contributed by atoms with Crippen LogP contribution >= 0.6 is 0 Å². The lowest BCUT2D eigenvalue weighted by Crippen LogP contribution is -2.26. The normalized spacial score (nSPS) is 11.3. The molecule has 0 atom stereocenters. The van der Waals surface area contributed by atoms with Crippen LogP contribution in [0.3, 0.4) is 0 Å². The number of oxazole rings is 1. The number of nitrogens with zero attached hydrogens (tertiary/aromatic N) is 2. The molecule has 1 aromatic heterocycles. The number of nitrogens with one attached hydrogen (secondary N) is 1. The fraction of sp³-hybridized carbons (Fsp3) is 0.211. The third kappa shape index (κ3) is 4.75. The second kappa shape index (κ2) is 8.93. The molecule has 2 aromatic carbocycles. The molecule has 0 aliphatic heterocycles. The van der Waals surface area contributed by atoms with Crippen molar-refractivity contribution >= 4 is 15.7 Å². The fourth-order valence-corrected chi connectivity index (χ4v) is 3.89. The van der Waals surface area contributed by atoms with E-state index in [1.54, 1.807) is 31.4 Å². The molecular formula is C19H19N3O7S. The summed E-state index contributed by atoms with van der Waals surface area (Å²) in [5.41, 5.74) is 0.954. The summed E-state index contributed by atoms with van der Waals surface area (Å²) in [4.78, 5) is 14.3. The number of methoxy groups -OCH3 is 2. The van der Waals surface area contributed by atoms with Crippen molar-refractivity contribution < 1.29 is 27.2 Å². The van der Waals surface area contributed by atoms with Gasteiger partial charge in [0, 0.05) is 30.7 Å². The Bertz CT molecular complexity index is 1140. The Kier molecular flexibility index (Phi) is 6.33. The molecule has 0 unspecified atom stereocenters. The summed E-state index contributed by atoms with van der Waals surface area (Å²) in [5, 5.41) is 11.0. The van der Waals surface area contributed by atoms with Gasteiger partial charge in [-0.25, -0.2) is 18.1 Å². The first kappa shape index (κ1) is 21.3. The largest absolute Gasteiger partial charge is 0.497 e. The predicted molar refractivity (Wildman–Crippen MR) is 107 cm³/mol. The molecule has 3 aromatic rings. The van der Waals surface area contributed by atoms with E-state index < -0.39 is 14.9 Å². The second-order valence-electron chi connectivity index (χ2n) is 6.11. The lowest BCUT2D eigenvalue weighted by Gasteiger charge is -2.10. The van der Waals surface area contributed by atoms with Crippen molar-refractivity contribution in [2.75, 3.05) is 20.8 Å². The molecule has 1 N–H and O–H groups in total. The van der Waals surface area contributed by atoms with E-state index in [1.807, 2.05) is 0 Å². The smallest absolute Gasteiger partial charge is 0.271 e. The Morgan fingerprint density at radius 3 is 2.50 bits per heavy atom. The Labute approximate surface area is 172 Å². The summed E-state index contributed by atoms with van der Waals surface area (Å²) in [6.45, 7) is 0.0166. The maximum absolute atomic E-state index is 12.6. The third-order valence-corrected chi connectivity index (χ3v) is 5.69. The highest BCUT2D eigenvalue weighted by atomic mass is 32.2. The highest BCUT2D eigenvalue weighted by Gasteiger charge is 2.23. The molecule has 1 heterocycles. The topological polar surface area (TPSA) is 134 Å². The van der Waals surface area contributed by atoms with Gasteiger partial charge in [-0.2, -0.15) is 0 Å². The van der Waals surface area contributed by atoms with Crippen LogP contribution in [-0.2, 0) is 16.4 Å². The molecule has 0 aliphatic rings. The van der Waals surface area contributed by atoms with Crippen molar-refractivity contribution in [3.8, 4) is 23.0 Å². The van der Waals surface area contributed by atoms with E-state index in [2.05, 4.69) is 9.71 Å². The average molecular weight is 433 g/mol. The number of benzene rings is 2. The van der Waals surface area contributed by atoms with Gasteiger partial charge in [0.25, 0.3) is 5.69 Å². The molecule has 0 bridgehead atoms. The van der Waals surface area contributed by atoms with Gasteiger partial charge in [0.15, 0.2) is 0 Å². The first-order valence-corrected chi connectivity index (χ1v) is 10.2. The zero-order chi connectivity index (χ0) is 21.7. The summed E-state index contributed by atoms with van der Waals surface area (Å²) in [5.74, 6) is 1.11. The Balaban J connectivity index is 1.68. The minimum Gasteiger partial charge on any atom is -0.497 e. The predicted octanol–water partition coefficient (Wildman–Crippen LogP) is 2.79. The maximum atomic E-state index is 12.6. The molecule has 0 aliphatic carbocycles. The number of nitro groups is 1. The Hall–Kier alpha value is -3.44. The minimum atomic E-state index is -4.03. The van der Waals surface area contributed by atoms with E-state index in [0.717, 1.165) is 11.6 Å². The van der Waals surface area contributed by atoms with E-state index in [9.17, 15) is 18.5 Å². The van der Waals surface area contributed by atoms with Crippen molar-refractivity contribution in [3.05, 3.63) is 64.5 Å². The molecule has 0 spiro atoms. The van der Waals surface area contributed by atoms with Gasteiger partial charge >= 0.3 is 0 Å². The molecule has 10 nitrogen and oxygen atoms in total. The van der Waals surface area contributed by atoms with Crippen molar-refractivity contribution in [2.45, 2.75) is 11.3 Å². The van der Waals surface area contributed by atoms with Crippen LogP contribution in [0.1, 0.15) is 5.69 Å². The fourth-order valence-electron chi connectivity index (χ4n) is 2.67. The van der Waals surface area contributed by atoms with Gasteiger partial charge in [0.05, 0.1) is 24.8 Å². The van der Waals surface area contributed by atoms with E-state index >= 15 is 0 Å². The molecule has 0 saturated carbocycles. The molecule has 3 rings (SSSR count). The van der Waals surface area contributed by atoms with Gasteiger partial charge in [-0.3, -0.25) is 10.1 Å². The van der Waals surface area contributed by atoms with E-state index in [-0.39, 0.29) is 29.3 Å². The lowest BCUT2D eigenvalue weighted by atomic mass is 10.2. The van der Waals surface area contributed by atoms with Gasteiger partial charge in [0.1, 0.15) is 22.7 Å². The van der Waals surface area contributed by atoms with Crippen LogP contribution in [0.4, 0.5) is 5.69 Å². The lowest BCUT2D eigenvalue weighted by molar-refractivity contribution is -0.385. The van der Waals surface area contributed by atoms with E-state index in [4.69, 9.17) is 13.9 Å². The van der Waals surface area contributed by atoms with Gasteiger partial charge < -0.3 is 13.9 Å². The molecule has 0 amide bonds. The molecule has 158 valence electrons. The first-order valence-electron chi connectivity index (χ1n) is 8.75. The monoisotopic (exact) mass is 433 g/mol. The Morgan fingerprint density at radius 2 is 1.87 bits per heavy atom. The number of rotatable bonds is 9. The zero-order valence-electron chi connectivity index (χ0n) is 16.2. The SMILES string of the molecule is COc1ccc(-c2nc(CCNS(=O)(=O)c3cc([N+](=O)[O-])ccc3OC)co2)cc1. The number of ether oxygens (including phenoxy) is 2. The molecule has 30 heavy (non-hydrogen) atoms. The number of sulfonamides is 1. The highest BCUT2D eigenvalue weighted by molar-refractivity contribution is 7.89. The second-order valence-corrected chi connectivity index (χ2v) is 7.85. The summed E-state index contributed by atoms with van der Waals surface area (Å²) in [6.07, 6.45) is 1.71. The van der Waals surface area contributed by atoms with Crippen LogP contribution in [0.25, 0.3) is 11.5 Å². The number of hydrogen-bond acceptors (Lipinski definition) is 8. The Morgan fingerprint density at radius 1 is 1.13 bits per heavy atom. The molecule has 0 saturated heterocycles. The minimum absolute atomic E-state index is 0.0105. The molecule has 0 radical (unpaired) electrons. The number of aromatic nitrogens is 1. The van der Waals surface area contributed by atoms with Crippen LogP contribution < -0.4 is 14.2 Å². The summed E-state index contributed by atoms with van der Waals surface area (Å²) in [7, 11) is -1.17.